The van der Waals surface area contributed by atoms with Crippen LogP contribution < -0.4 is 9.47 Å². The van der Waals surface area contributed by atoms with Crippen LogP contribution >= 0.6 is 27.5 Å². The van der Waals surface area contributed by atoms with E-state index < -0.39 is 5.97 Å². The molecule has 162 valence electrons. The maximum absolute atomic E-state index is 13.1. The summed E-state index contributed by atoms with van der Waals surface area (Å²) in [4.78, 5) is 16.6. The van der Waals surface area contributed by atoms with Crippen LogP contribution in [-0.2, 0) is 16.1 Å². The quantitative estimate of drug-likeness (QED) is 0.290. The summed E-state index contributed by atoms with van der Waals surface area (Å²) in [5.41, 5.74) is 2.17. The van der Waals surface area contributed by atoms with Crippen LogP contribution in [0.15, 0.2) is 75.8 Å². The van der Waals surface area contributed by atoms with Crippen molar-refractivity contribution >= 4 is 45.5 Å². The van der Waals surface area contributed by atoms with Crippen LogP contribution in [0.3, 0.4) is 0 Å². The SMILES string of the molecule is COc1cc(/C=C2\N=C(c3ccccc3Br)OC2=O)cc(Cl)c1OCc1ccc(F)cc1. The number of carbonyl (C=O) groups is 1. The van der Waals surface area contributed by atoms with E-state index in [9.17, 15) is 9.18 Å². The first-order chi connectivity index (χ1) is 15.4. The average Bonchev–Trinajstić information content (AvgIpc) is 3.14. The van der Waals surface area contributed by atoms with Gasteiger partial charge < -0.3 is 14.2 Å². The molecular formula is C24H16BrClFNO4. The summed E-state index contributed by atoms with van der Waals surface area (Å²) >= 11 is 9.85. The molecule has 0 saturated carbocycles. The van der Waals surface area contributed by atoms with Crippen LogP contribution in [-0.4, -0.2) is 19.0 Å². The number of benzene rings is 3. The summed E-state index contributed by atoms with van der Waals surface area (Å²) in [5.74, 6) is 0.0472. The van der Waals surface area contributed by atoms with Crippen LogP contribution in [0.25, 0.3) is 6.08 Å². The number of methoxy groups -OCH3 is 1. The number of nitrogens with zero attached hydrogens (tertiary/aromatic N) is 1. The fourth-order valence-corrected chi connectivity index (χ4v) is 3.74. The summed E-state index contributed by atoms with van der Waals surface area (Å²) in [5, 5.41) is 0.291. The number of rotatable bonds is 6. The van der Waals surface area contributed by atoms with Gasteiger partial charge >= 0.3 is 5.97 Å². The molecule has 1 aliphatic rings. The van der Waals surface area contributed by atoms with Gasteiger partial charge in [0, 0.05) is 4.47 Å². The summed E-state index contributed by atoms with van der Waals surface area (Å²) in [6.07, 6.45) is 1.56. The van der Waals surface area contributed by atoms with Crippen molar-refractivity contribution in [2.24, 2.45) is 4.99 Å². The molecule has 3 aromatic carbocycles. The molecule has 0 spiro atoms. The molecule has 0 aliphatic carbocycles. The molecule has 1 aliphatic heterocycles. The van der Waals surface area contributed by atoms with Crippen LogP contribution in [0, 0.1) is 5.82 Å². The van der Waals surface area contributed by atoms with Crippen LogP contribution in [0.4, 0.5) is 4.39 Å². The van der Waals surface area contributed by atoms with E-state index in [0.29, 0.717) is 27.6 Å². The fraction of sp³-hybridized carbons (Fsp3) is 0.0833. The lowest BCUT2D eigenvalue weighted by Crippen LogP contribution is -2.05. The predicted molar refractivity (Wildman–Crippen MR) is 123 cm³/mol. The van der Waals surface area contributed by atoms with Crippen molar-refractivity contribution in [3.8, 4) is 11.5 Å². The third kappa shape index (κ3) is 4.84. The molecule has 0 unspecified atom stereocenters. The third-order valence-electron chi connectivity index (χ3n) is 4.58. The van der Waals surface area contributed by atoms with Gasteiger partial charge in [-0.25, -0.2) is 14.2 Å². The zero-order valence-electron chi connectivity index (χ0n) is 16.8. The third-order valence-corrected chi connectivity index (χ3v) is 5.55. The van der Waals surface area contributed by atoms with Gasteiger partial charge in [0.25, 0.3) is 0 Å². The molecule has 0 radical (unpaired) electrons. The number of esters is 1. The summed E-state index contributed by atoms with van der Waals surface area (Å²) in [7, 11) is 1.49. The number of carbonyl (C=O) groups excluding carboxylic acids is 1. The van der Waals surface area contributed by atoms with E-state index in [-0.39, 0.29) is 24.0 Å². The minimum Gasteiger partial charge on any atom is -0.493 e. The van der Waals surface area contributed by atoms with Crippen molar-refractivity contribution in [3.63, 3.8) is 0 Å². The molecule has 8 heteroatoms. The van der Waals surface area contributed by atoms with Crippen molar-refractivity contribution < 1.29 is 23.4 Å². The zero-order chi connectivity index (χ0) is 22.7. The van der Waals surface area contributed by atoms with Crippen LogP contribution in [0.1, 0.15) is 16.7 Å². The number of hydrogen-bond acceptors (Lipinski definition) is 5. The van der Waals surface area contributed by atoms with Crippen molar-refractivity contribution in [2.75, 3.05) is 7.11 Å². The second kappa shape index (κ2) is 9.54. The number of aliphatic imine (C=N–C) groups is 1. The van der Waals surface area contributed by atoms with E-state index >= 15 is 0 Å². The van der Waals surface area contributed by atoms with Crippen molar-refractivity contribution in [1.29, 1.82) is 0 Å². The molecular weight excluding hydrogens is 501 g/mol. The van der Waals surface area contributed by atoms with Crippen molar-refractivity contribution in [1.82, 2.24) is 0 Å². The van der Waals surface area contributed by atoms with Gasteiger partial charge in [-0.1, -0.05) is 35.9 Å². The van der Waals surface area contributed by atoms with E-state index in [1.165, 1.54) is 19.2 Å². The number of ether oxygens (including phenoxy) is 3. The average molecular weight is 517 g/mol. The highest BCUT2D eigenvalue weighted by molar-refractivity contribution is 9.10. The molecule has 4 rings (SSSR count). The molecule has 32 heavy (non-hydrogen) atoms. The Kier molecular flexibility index (Phi) is 6.58. The van der Waals surface area contributed by atoms with Crippen molar-refractivity contribution in [2.45, 2.75) is 6.61 Å². The van der Waals surface area contributed by atoms with Gasteiger partial charge in [0.15, 0.2) is 17.2 Å². The molecule has 0 bridgehead atoms. The predicted octanol–water partition coefficient (Wildman–Crippen LogP) is 6.17. The van der Waals surface area contributed by atoms with Crippen molar-refractivity contribution in [3.05, 3.63) is 98.4 Å². The molecule has 0 N–H and O–H groups in total. The van der Waals surface area contributed by atoms with E-state index in [1.54, 1.807) is 36.4 Å². The molecule has 0 atom stereocenters. The first kappa shape index (κ1) is 22.0. The minimum absolute atomic E-state index is 0.133. The Labute approximate surface area is 197 Å². The van der Waals surface area contributed by atoms with Gasteiger partial charge in [-0.15, -0.1) is 0 Å². The first-order valence-electron chi connectivity index (χ1n) is 9.47. The highest BCUT2D eigenvalue weighted by Crippen LogP contribution is 2.38. The van der Waals surface area contributed by atoms with Gasteiger partial charge in [0.1, 0.15) is 12.4 Å². The second-order valence-electron chi connectivity index (χ2n) is 6.77. The molecule has 3 aromatic rings. The van der Waals surface area contributed by atoms with Crippen LogP contribution in [0.2, 0.25) is 5.02 Å². The monoisotopic (exact) mass is 515 g/mol. The van der Waals surface area contributed by atoms with E-state index in [4.69, 9.17) is 25.8 Å². The second-order valence-corrected chi connectivity index (χ2v) is 8.03. The Hall–Kier alpha value is -3.16. The van der Waals surface area contributed by atoms with Gasteiger partial charge in [-0.2, -0.15) is 0 Å². The maximum atomic E-state index is 13.1. The molecule has 5 nitrogen and oxygen atoms in total. The lowest BCUT2D eigenvalue weighted by molar-refractivity contribution is -0.129. The highest BCUT2D eigenvalue weighted by Gasteiger charge is 2.25. The Morgan fingerprint density at radius 2 is 1.91 bits per heavy atom. The largest absolute Gasteiger partial charge is 0.493 e. The standard InChI is InChI=1S/C24H16BrClFNO4/c1-30-21-12-15(10-19(26)22(21)31-13-14-6-8-16(27)9-7-14)11-20-24(29)32-23(28-20)17-4-2-3-5-18(17)25/h2-12H,13H2,1H3/b20-11-. The first-order valence-corrected chi connectivity index (χ1v) is 10.6. The molecule has 1 heterocycles. The Bertz CT molecular complexity index is 1240. The summed E-state index contributed by atoms with van der Waals surface area (Å²) in [6, 6.07) is 16.6. The Balaban J connectivity index is 1.59. The maximum Gasteiger partial charge on any atom is 0.363 e. The van der Waals surface area contributed by atoms with E-state index in [1.807, 2.05) is 18.2 Å². The van der Waals surface area contributed by atoms with Gasteiger partial charge in [-0.05, 0) is 69.5 Å². The lowest BCUT2D eigenvalue weighted by Gasteiger charge is -2.13. The van der Waals surface area contributed by atoms with Gasteiger partial charge in [0.2, 0.25) is 5.90 Å². The topological polar surface area (TPSA) is 57.1 Å². The molecule has 0 fully saturated rings. The minimum atomic E-state index is -0.567. The Morgan fingerprint density at radius 3 is 2.62 bits per heavy atom. The normalized spacial score (nSPS) is 14.3. The van der Waals surface area contributed by atoms with Gasteiger partial charge in [0.05, 0.1) is 17.7 Å². The van der Waals surface area contributed by atoms with Gasteiger partial charge in [-0.3, -0.25) is 0 Å². The number of cyclic esters (lactones) is 1. The van der Waals surface area contributed by atoms with Crippen LogP contribution in [0.5, 0.6) is 11.5 Å². The van der Waals surface area contributed by atoms with E-state index in [0.717, 1.165) is 10.0 Å². The smallest absolute Gasteiger partial charge is 0.363 e. The number of halogens is 3. The lowest BCUT2D eigenvalue weighted by atomic mass is 10.1. The highest BCUT2D eigenvalue weighted by atomic mass is 79.9. The zero-order valence-corrected chi connectivity index (χ0v) is 19.1. The Morgan fingerprint density at radius 1 is 1.16 bits per heavy atom. The molecule has 0 amide bonds. The van der Waals surface area contributed by atoms with E-state index in [2.05, 4.69) is 20.9 Å². The summed E-state index contributed by atoms with van der Waals surface area (Å²) in [6.45, 7) is 0.183. The number of hydrogen-bond donors (Lipinski definition) is 0. The fourth-order valence-electron chi connectivity index (χ4n) is 3.02. The summed E-state index contributed by atoms with van der Waals surface area (Å²) < 4.78 is 30.4. The molecule has 0 saturated heterocycles. The molecule has 0 aromatic heterocycles.